The van der Waals surface area contributed by atoms with E-state index in [1.807, 2.05) is 36.0 Å². The summed E-state index contributed by atoms with van der Waals surface area (Å²) in [5.74, 6) is 0.519. The van der Waals surface area contributed by atoms with Gasteiger partial charge < -0.3 is 5.11 Å². The van der Waals surface area contributed by atoms with Crippen molar-refractivity contribution in [1.82, 2.24) is 0 Å². The third kappa shape index (κ3) is 5.56. The van der Waals surface area contributed by atoms with Gasteiger partial charge in [0.25, 0.3) is 0 Å². The maximum absolute atomic E-state index is 10.5. The van der Waals surface area contributed by atoms with E-state index in [-0.39, 0.29) is 0 Å². The molecule has 124 valence electrons. The predicted molar refractivity (Wildman–Crippen MR) is 101 cm³/mol. The molecule has 23 heavy (non-hydrogen) atoms. The van der Waals surface area contributed by atoms with Gasteiger partial charge in [-0.2, -0.15) is 0 Å². The Morgan fingerprint density at radius 3 is 2.04 bits per heavy atom. The van der Waals surface area contributed by atoms with Crippen LogP contribution in [-0.2, 0) is 0 Å². The van der Waals surface area contributed by atoms with Crippen LogP contribution < -0.4 is 0 Å². The molecule has 0 spiro atoms. The first-order valence-corrected chi connectivity index (χ1v) is 9.45. The van der Waals surface area contributed by atoms with Crippen LogP contribution in [-0.4, -0.2) is 10.4 Å². The smallest absolute Gasteiger partial charge is 0.0800 e. The molecule has 1 N–H and O–H groups in total. The van der Waals surface area contributed by atoms with E-state index < -0.39 is 6.10 Å². The van der Waals surface area contributed by atoms with Crippen molar-refractivity contribution in [1.29, 1.82) is 0 Å². The van der Waals surface area contributed by atoms with Gasteiger partial charge in [0.1, 0.15) is 0 Å². The summed E-state index contributed by atoms with van der Waals surface area (Å²) >= 11 is 7.74. The summed E-state index contributed by atoms with van der Waals surface area (Å²) in [4.78, 5) is 1.20. The molecule has 2 atom stereocenters. The summed E-state index contributed by atoms with van der Waals surface area (Å²) in [6, 6.07) is 16.3. The summed E-state index contributed by atoms with van der Waals surface area (Å²) in [7, 11) is 0. The van der Waals surface area contributed by atoms with E-state index in [1.165, 1.54) is 10.5 Å². The number of aliphatic hydroxyl groups is 1. The summed E-state index contributed by atoms with van der Waals surface area (Å²) in [6.45, 7) is 6.53. The molecule has 2 aromatic carbocycles. The van der Waals surface area contributed by atoms with Crippen LogP contribution in [0.15, 0.2) is 53.4 Å². The highest BCUT2D eigenvalue weighted by molar-refractivity contribution is 8.00. The second-order valence-corrected chi connectivity index (χ2v) is 7.99. The zero-order valence-electron chi connectivity index (χ0n) is 14.0. The van der Waals surface area contributed by atoms with Crippen LogP contribution in [0.1, 0.15) is 56.8 Å². The minimum absolute atomic E-state index is 0.385. The molecule has 0 bridgehead atoms. The lowest BCUT2D eigenvalue weighted by Crippen LogP contribution is -2.08. The first-order valence-electron chi connectivity index (χ1n) is 8.19. The normalized spacial score (nSPS) is 14.0. The van der Waals surface area contributed by atoms with Gasteiger partial charge in [-0.25, -0.2) is 0 Å². The minimum atomic E-state index is -0.416. The molecule has 0 saturated heterocycles. The molecule has 0 radical (unpaired) electrons. The molecule has 0 amide bonds. The largest absolute Gasteiger partial charge is 0.388 e. The summed E-state index contributed by atoms with van der Waals surface area (Å²) in [5.41, 5.74) is 2.31. The van der Waals surface area contributed by atoms with Gasteiger partial charge in [-0.05, 0) is 54.2 Å². The molecule has 0 aromatic heterocycles. The number of rotatable bonds is 7. The Bertz CT molecular complexity index is 592. The zero-order valence-corrected chi connectivity index (χ0v) is 15.6. The molecule has 2 unspecified atom stereocenters. The van der Waals surface area contributed by atoms with Crippen molar-refractivity contribution in [2.75, 3.05) is 0 Å². The molecular formula is C20H25ClOS. The van der Waals surface area contributed by atoms with E-state index >= 15 is 0 Å². The fourth-order valence-corrected chi connectivity index (χ4v) is 3.74. The Balaban J connectivity index is 1.98. The van der Waals surface area contributed by atoms with Crippen molar-refractivity contribution >= 4 is 23.4 Å². The van der Waals surface area contributed by atoms with E-state index in [4.69, 9.17) is 11.6 Å². The Morgan fingerprint density at radius 1 is 0.957 bits per heavy atom. The van der Waals surface area contributed by atoms with Crippen LogP contribution in [0.2, 0.25) is 5.02 Å². The van der Waals surface area contributed by atoms with Crippen LogP contribution in [0, 0.1) is 0 Å². The quantitative estimate of drug-likeness (QED) is 0.579. The lowest BCUT2D eigenvalue weighted by atomic mass is 9.98. The zero-order chi connectivity index (χ0) is 16.8. The topological polar surface area (TPSA) is 20.2 Å². The van der Waals surface area contributed by atoms with Crippen LogP contribution >= 0.6 is 23.4 Å². The maximum atomic E-state index is 10.5. The van der Waals surface area contributed by atoms with Crippen molar-refractivity contribution in [2.24, 2.45) is 0 Å². The summed E-state index contributed by atoms with van der Waals surface area (Å²) in [5, 5.41) is 11.7. The van der Waals surface area contributed by atoms with Crippen LogP contribution in [0.5, 0.6) is 0 Å². The number of benzene rings is 2. The highest BCUT2D eigenvalue weighted by atomic mass is 35.5. The standard InChI is InChI=1S/C20H25ClOS/c1-4-18(23-19-11-9-17(21)10-12-19)13-20(22)16-7-5-15(6-8-16)14(2)3/h5-12,14,18,20,22H,4,13H2,1-3H3. The van der Waals surface area contributed by atoms with Gasteiger partial charge in [-0.15, -0.1) is 11.8 Å². The average molecular weight is 349 g/mol. The van der Waals surface area contributed by atoms with Gasteiger partial charge in [0.05, 0.1) is 6.10 Å². The molecule has 3 heteroatoms. The molecule has 2 rings (SSSR count). The molecule has 0 aliphatic heterocycles. The van der Waals surface area contributed by atoms with Crippen LogP contribution in [0.4, 0.5) is 0 Å². The van der Waals surface area contributed by atoms with Gasteiger partial charge in [0.15, 0.2) is 0 Å². The lowest BCUT2D eigenvalue weighted by Gasteiger charge is -2.19. The SMILES string of the molecule is CCC(CC(O)c1ccc(C(C)C)cc1)Sc1ccc(Cl)cc1. The van der Waals surface area contributed by atoms with Gasteiger partial charge in [0, 0.05) is 15.2 Å². The molecule has 2 aromatic rings. The Kier molecular flexibility index (Phi) is 7.01. The summed E-state index contributed by atoms with van der Waals surface area (Å²) in [6.07, 6.45) is 1.36. The number of thioether (sulfide) groups is 1. The van der Waals surface area contributed by atoms with Crippen molar-refractivity contribution in [3.8, 4) is 0 Å². The fourth-order valence-electron chi connectivity index (χ4n) is 2.49. The second-order valence-electron chi connectivity index (χ2n) is 6.17. The predicted octanol–water partition coefficient (Wildman–Crippen LogP) is 6.46. The van der Waals surface area contributed by atoms with Crippen molar-refractivity contribution < 1.29 is 5.11 Å². The Labute approximate surface area is 149 Å². The van der Waals surface area contributed by atoms with Crippen LogP contribution in [0.25, 0.3) is 0 Å². The monoisotopic (exact) mass is 348 g/mol. The lowest BCUT2D eigenvalue weighted by molar-refractivity contribution is 0.166. The summed E-state index contributed by atoms with van der Waals surface area (Å²) < 4.78 is 0. The van der Waals surface area contributed by atoms with Gasteiger partial charge in [-0.1, -0.05) is 56.6 Å². The fraction of sp³-hybridized carbons (Fsp3) is 0.400. The first-order chi connectivity index (χ1) is 11.0. The number of halogens is 1. The van der Waals surface area contributed by atoms with Gasteiger partial charge in [0.2, 0.25) is 0 Å². The number of hydrogen-bond donors (Lipinski definition) is 1. The van der Waals surface area contributed by atoms with E-state index in [1.54, 1.807) is 0 Å². The first kappa shape index (κ1) is 18.4. The molecule has 1 nitrogen and oxygen atoms in total. The third-order valence-electron chi connectivity index (χ3n) is 4.05. The van der Waals surface area contributed by atoms with Crippen molar-refractivity contribution in [2.45, 2.75) is 55.8 Å². The number of hydrogen-bond acceptors (Lipinski definition) is 2. The molecule has 0 saturated carbocycles. The van der Waals surface area contributed by atoms with Crippen LogP contribution in [0.3, 0.4) is 0 Å². The minimum Gasteiger partial charge on any atom is -0.388 e. The third-order valence-corrected chi connectivity index (χ3v) is 5.70. The van der Waals surface area contributed by atoms with E-state index in [2.05, 4.69) is 45.0 Å². The number of aliphatic hydroxyl groups excluding tert-OH is 1. The van der Waals surface area contributed by atoms with E-state index in [9.17, 15) is 5.11 Å². The maximum Gasteiger partial charge on any atom is 0.0800 e. The Hall–Kier alpha value is -0.960. The highest BCUT2D eigenvalue weighted by Gasteiger charge is 2.16. The highest BCUT2D eigenvalue weighted by Crippen LogP contribution is 2.33. The molecule has 0 heterocycles. The molecule has 0 aliphatic carbocycles. The van der Waals surface area contributed by atoms with E-state index in [0.29, 0.717) is 11.2 Å². The second kappa shape index (κ2) is 8.77. The van der Waals surface area contributed by atoms with Crippen molar-refractivity contribution in [3.63, 3.8) is 0 Å². The molecule has 0 aliphatic rings. The van der Waals surface area contributed by atoms with E-state index in [0.717, 1.165) is 23.4 Å². The van der Waals surface area contributed by atoms with Crippen molar-refractivity contribution in [3.05, 3.63) is 64.7 Å². The van der Waals surface area contributed by atoms with Gasteiger partial charge in [-0.3, -0.25) is 0 Å². The Morgan fingerprint density at radius 2 is 1.52 bits per heavy atom. The van der Waals surface area contributed by atoms with Gasteiger partial charge >= 0.3 is 0 Å². The molecule has 0 fully saturated rings. The molecular weight excluding hydrogens is 324 g/mol. The average Bonchev–Trinajstić information content (AvgIpc) is 2.56.